The molecule has 1 aliphatic carbocycles. The molecule has 2 atom stereocenters. The topological polar surface area (TPSA) is 12.0 Å². The van der Waals surface area contributed by atoms with Crippen LogP contribution in [0, 0.1) is 5.92 Å². The third-order valence-corrected chi connectivity index (χ3v) is 5.02. The number of benzene rings is 1. The summed E-state index contributed by atoms with van der Waals surface area (Å²) in [6.45, 7) is 0. The van der Waals surface area contributed by atoms with Gasteiger partial charge in [0.1, 0.15) is 0 Å². The first-order valence-electron chi connectivity index (χ1n) is 7.23. The summed E-state index contributed by atoms with van der Waals surface area (Å²) in [7, 11) is 2.12. The van der Waals surface area contributed by atoms with E-state index in [-0.39, 0.29) is 0 Å². The molecule has 1 aromatic rings. The van der Waals surface area contributed by atoms with Crippen LogP contribution in [0.2, 0.25) is 0 Å². The Morgan fingerprint density at radius 1 is 1.17 bits per heavy atom. The van der Waals surface area contributed by atoms with E-state index in [4.69, 9.17) is 0 Å². The Hall–Kier alpha value is -0.470. The van der Waals surface area contributed by atoms with Gasteiger partial charge in [0.2, 0.25) is 0 Å². The standard InChI is InChI=1S/C16H25NS/c1-17-15-8-6-5-7-14(13-15)11-12-18-16-9-3-2-4-10-16/h2-4,9-10,14-15,17H,5-8,11-13H2,1H3. The van der Waals surface area contributed by atoms with Crippen molar-refractivity contribution in [1.29, 1.82) is 0 Å². The SMILES string of the molecule is CNC1CCCCC(CCSc2ccccc2)C1. The molecule has 1 fully saturated rings. The lowest BCUT2D eigenvalue weighted by molar-refractivity contribution is 0.395. The van der Waals surface area contributed by atoms with Crippen LogP contribution in [0.25, 0.3) is 0 Å². The van der Waals surface area contributed by atoms with Gasteiger partial charge < -0.3 is 5.32 Å². The fourth-order valence-corrected chi connectivity index (χ4v) is 3.88. The average molecular weight is 263 g/mol. The minimum atomic E-state index is 0.763. The predicted octanol–water partition coefficient (Wildman–Crippen LogP) is 4.34. The summed E-state index contributed by atoms with van der Waals surface area (Å²) < 4.78 is 0. The molecule has 1 N–H and O–H groups in total. The van der Waals surface area contributed by atoms with Gasteiger partial charge >= 0.3 is 0 Å². The van der Waals surface area contributed by atoms with Gasteiger partial charge in [-0.1, -0.05) is 37.5 Å². The lowest BCUT2D eigenvalue weighted by Gasteiger charge is -2.19. The number of hydrogen-bond donors (Lipinski definition) is 1. The van der Waals surface area contributed by atoms with Gasteiger partial charge in [-0.3, -0.25) is 0 Å². The molecular weight excluding hydrogens is 238 g/mol. The molecule has 0 amide bonds. The summed E-state index contributed by atoms with van der Waals surface area (Å²) in [6.07, 6.45) is 8.41. The third kappa shape index (κ3) is 4.66. The van der Waals surface area contributed by atoms with Crippen LogP contribution in [0.3, 0.4) is 0 Å². The Morgan fingerprint density at radius 3 is 2.72 bits per heavy atom. The summed E-state index contributed by atoms with van der Waals surface area (Å²) >= 11 is 2.01. The number of nitrogens with one attached hydrogen (secondary N) is 1. The van der Waals surface area contributed by atoms with E-state index in [2.05, 4.69) is 42.7 Å². The normalized spacial score (nSPS) is 24.7. The lowest BCUT2D eigenvalue weighted by Crippen LogP contribution is -2.26. The molecule has 0 radical (unpaired) electrons. The molecule has 2 heteroatoms. The molecule has 1 nitrogen and oxygen atoms in total. The van der Waals surface area contributed by atoms with Crippen molar-refractivity contribution in [2.45, 2.75) is 49.5 Å². The zero-order valence-corrected chi connectivity index (χ0v) is 12.2. The number of thioether (sulfide) groups is 1. The maximum atomic E-state index is 3.48. The zero-order chi connectivity index (χ0) is 12.6. The largest absolute Gasteiger partial charge is 0.317 e. The second kappa shape index (κ2) is 7.85. The molecule has 2 unspecified atom stereocenters. The zero-order valence-electron chi connectivity index (χ0n) is 11.4. The molecule has 1 saturated carbocycles. The monoisotopic (exact) mass is 263 g/mol. The summed E-state index contributed by atoms with van der Waals surface area (Å²) in [5.74, 6) is 2.20. The second-order valence-electron chi connectivity index (χ2n) is 5.32. The second-order valence-corrected chi connectivity index (χ2v) is 6.49. The predicted molar refractivity (Wildman–Crippen MR) is 81.2 cm³/mol. The van der Waals surface area contributed by atoms with E-state index in [1.807, 2.05) is 11.8 Å². The fourth-order valence-electron chi connectivity index (χ4n) is 2.85. The lowest BCUT2D eigenvalue weighted by atomic mass is 9.95. The van der Waals surface area contributed by atoms with Crippen LogP contribution in [0.1, 0.15) is 38.5 Å². The summed E-state index contributed by atoms with van der Waals surface area (Å²) in [5, 5.41) is 3.48. The van der Waals surface area contributed by atoms with Crippen molar-refractivity contribution in [2.75, 3.05) is 12.8 Å². The highest BCUT2D eigenvalue weighted by Crippen LogP contribution is 2.28. The number of rotatable bonds is 5. The molecule has 1 aliphatic rings. The molecule has 0 bridgehead atoms. The molecule has 0 spiro atoms. The highest BCUT2D eigenvalue weighted by atomic mass is 32.2. The number of hydrogen-bond acceptors (Lipinski definition) is 2. The van der Waals surface area contributed by atoms with Crippen molar-refractivity contribution in [3.63, 3.8) is 0 Å². The summed E-state index contributed by atoms with van der Waals surface area (Å²) in [6, 6.07) is 11.5. The van der Waals surface area contributed by atoms with Gasteiger partial charge in [0, 0.05) is 10.9 Å². The molecule has 0 aromatic heterocycles. The first kappa shape index (κ1) is 14.0. The first-order chi connectivity index (χ1) is 8.88. The van der Waals surface area contributed by atoms with Gasteiger partial charge in [0.25, 0.3) is 0 Å². The molecule has 0 saturated heterocycles. The van der Waals surface area contributed by atoms with Crippen molar-refractivity contribution < 1.29 is 0 Å². The van der Waals surface area contributed by atoms with Gasteiger partial charge in [-0.25, -0.2) is 0 Å². The molecule has 100 valence electrons. The Balaban J connectivity index is 1.72. The van der Waals surface area contributed by atoms with E-state index < -0.39 is 0 Å². The Bertz CT molecular complexity index is 325. The smallest absolute Gasteiger partial charge is 0.00719 e. The molecular formula is C16H25NS. The van der Waals surface area contributed by atoms with Crippen molar-refractivity contribution >= 4 is 11.8 Å². The van der Waals surface area contributed by atoms with Crippen LogP contribution >= 0.6 is 11.8 Å². The van der Waals surface area contributed by atoms with Crippen molar-refractivity contribution in [3.05, 3.63) is 30.3 Å². The van der Waals surface area contributed by atoms with Crippen molar-refractivity contribution in [3.8, 4) is 0 Å². The third-order valence-electron chi connectivity index (χ3n) is 3.98. The van der Waals surface area contributed by atoms with Crippen molar-refractivity contribution in [2.24, 2.45) is 5.92 Å². The highest BCUT2D eigenvalue weighted by molar-refractivity contribution is 7.99. The Morgan fingerprint density at radius 2 is 1.94 bits per heavy atom. The minimum absolute atomic E-state index is 0.763. The Labute approximate surface area is 116 Å². The van der Waals surface area contributed by atoms with E-state index in [1.165, 1.54) is 49.2 Å². The van der Waals surface area contributed by atoms with Gasteiger partial charge in [-0.2, -0.15) is 0 Å². The maximum Gasteiger partial charge on any atom is 0.00719 e. The fraction of sp³-hybridized carbons (Fsp3) is 0.625. The highest BCUT2D eigenvalue weighted by Gasteiger charge is 2.18. The van der Waals surface area contributed by atoms with Gasteiger partial charge in [-0.15, -0.1) is 11.8 Å². The Kier molecular flexibility index (Phi) is 6.09. The van der Waals surface area contributed by atoms with E-state index in [0.717, 1.165) is 12.0 Å². The molecule has 0 aliphatic heterocycles. The van der Waals surface area contributed by atoms with E-state index in [9.17, 15) is 0 Å². The molecule has 2 rings (SSSR count). The first-order valence-corrected chi connectivity index (χ1v) is 8.22. The van der Waals surface area contributed by atoms with E-state index >= 15 is 0 Å². The van der Waals surface area contributed by atoms with E-state index in [0.29, 0.717) is 0 Å². The van der Waals surface area contributed by atoms with Crippen LogP contribution in [0.15, 0.2) is 35.2 Å². The molecule has 18 heavy (non-hydrogen) atoms. The van der Waals surface area contributed by atoms with Crippen LogP contribution in [0.5, 0.6) is 0 Å². The van der Waals surface area contributed by atoms with Gasteiger partial charge in [0.15, 0.2) is 0 Å². The van der Waals surface area contributed by atoms with Gasteiger partial charge in [0.05, 0.1) is 0 Å². The van der Waals surface area contributed by atoms with Crippen molar-refractivity contribution in [1.82, 2.24) is 5.32 Å². The van der Waals surface area contributed by atoms with Crippen LogP contribution in [-0.4, -0.2) is 18.8 Å². The molecule has 1 aromatic carbocycles. The summed E-state index contributed by atoms with van der Waals surface area (Å²) in [5.41, 5.74) is 0. The maximum absolute atomic E-state index is 3.48. The van der Waals surface area contributed by atoms with Gasteiger partial charge in [-0.05, 0) is 50.1 Å². The average Bonchev–Trinajstić information content (AvgIpc) is 2.65. The quantitative estimate of drug-likeness (QED) is 0.626. The summed E-state index contributed by atoms with van der Waals surface area (Å²) in [4.78, 5) is 1.41. The van der Waals surface area contributed by atoms with Crippen LogP contribution < -0.4 is 5.32 Å². The van der Waals surface area contributed by atoms with E-state index in [1.54, 1.807) is 0 Å². The minimum Gasteiger partial charge on any atom is -0.317 e. The molecule has 0 heterocycles. The van der Waals surface area contributed by atoms with Crippen LogP contribution in [0.4, 0.5) is 0 Å². The van der Waals surface area contributed by atoms with Crippen LogP contribution in [-0.2, 0) is 0 Å².